The first kappa shape index (κ1) is 9.45. The van der Waals surface area contributed by atoms with Crippen LogP contribution in [0.5, 0.6) is 0 Å². The second-order valence-electron chi connectivity index (χ2n) is 3.12. The summed E-state index contributed by atoms with van der Waals surface area (Å²) in [5.74, 6) is 0. The number of anilines is 1. The highest BCUT2D eigenvalue weighted by atomic mass is 14.9. The van der Waals surface area contributed by atoms with Crippen molar-refractivity contribution in [2.45, 2.75) is 0 Å². The van der Waals surface area contributed by atoms with E-state index < -0.39 is 0 Å². The first-order valence-corrected chi connectivity index (χ1v) is 4.74. The number of aromatic nitrogens is 2. The van der Waals surface area contributed by atoms with Gasteiger partial charge in [0.15, 0.2) is 0 Å². The predicted molar refractivity (Wildman–Crippen MR) is 60.6 cm³/mol. The van der Waals surface area contributed by atoms with Crippen LogP contribution < -0.4 is 10.3 Å². The maximum absolute atomic E-state index is 3.98. The summed E-state index contributed by atoms with van der Waals surface area (Å²) in [5, 5.41) is 3.10. The summed E-state index contributed by atoms with van der Waals surface area (Å²) >= 11 is 0. The van der Waals surface area contributed by atoms with E-state index in [1.807, 2.05) is 37.5 Å². The maximum atomic E-state index is 3.98. The van der Waals surface area contributed by atoms with Crippen LogP contribution in [0.25, 0.3) is 11.3 Å². The minimum atomic E-state index is 1.03. The van der Waals surface area contributed by atoms with Gasteiger partial charge in [-0.3, -0.25) is 4.99 Å². The van der Waals surface area contributed by atoms with Crippen LogP contribution in [0, 0.1) is 0 Å². The molecule has 0 fully saturated rings. The lowest BCUT2D eigenvalue weighted by Crippen LogP contribution is -2.64. The van der Waals surface area contributed by atoms with Crippen molar-refractivity contribution in [3.05, 3.63) is 36.8 Å². The largest absolute Gasteiger partial charge is 0.345 e. The molecule has 2 rings (SSSR count). The summed E-state index contributed by atoms with van der Waals surface area (Å²) in [4.78, 5) is 9.95. The molecule has 0 spiro atoms. The normalized spacial score (nSPS) is 10.7. The molecule has 15 heavy (non-hydrogen) atoms. The lowest BCUT2D eigenvalue weighted by molar-refractivity contribution is -0.414. The second-order valence-corrected chi connectivity index (χ2v) is 3.12. The zero-order valence-electron chi connectivity index (χ0n) is 8.49. The number of hydrogen-bond donors (Lipinski definition) is 3. The fourth-order valence-corrected chi connectivity index (χ4v) is 1.32. The minimum absolute atomic E-state index is 1.03. The van der Waals surface area contributed by atoms with Gasteiger partial charge < -0.3 is 4.98 Å². The first-order chi connectivity index (χ1) is 7.40. The molecule has 1 aromatic heterocycles. The highest BCUT2D eigenvalue weighted by Crippen LogP contribution is 2.17. The van der Waals surface area contributed by atoms with Crippen molar-refractivity contribution >= 4 is 12.0 Å². The van der Waals surface area contributed by atoms with E-state index in [1.54, 1.807) is 12.7 Å². The van der Waals surface area contributed by atoms with Crippen LogP contribution in [0.2, 0.25) is 0 Å². The average Bonchev–Trinajstić information content (AvgIpc) is 2.80. The summed E-state index contributed by atoms with van der Waals surface area (Å²) in [5.41, 5.74) is 3.20. The monoisotopic (exact) mass is 201 g/mol. The SMILES string of the molecule is C[NH+]=CNc1ccc(-c2cnc[nH]2)cc1. The van der Waals surface area contributed by atoms with Crippen LogP contribution in [0.15, 0.2) is 36.8 Å². The number of benzene rings is 1. The van der Waals surface area contributed by atoms with E-state index >= 15 is 0 Å². The van der Waals surface area contributed by atoms with Crippen LogP contribution in [0.1, 0.15) is 0 Å². The maximum Gasteiger partial charge on any atom is 0.234 e. The molecule has 0 saturated heterocycles. The predicted octanol–water partition coefficient (Wildman–Crippen LogP) is 0.227. The Hall–Kier alpha value is -2.10. The summed E-state index contributed by atoms with van der Waals surface area (Å²) < 4.78 is 0. The first-order valence-electron chi connectivity index (χ1n) is 4.74. The molecule has 1 heterocycles. The highest BCUT2D eigenvalue weighted by molar-refractivity contribution is 5.73. The zero-order chi connectivity index (χ0) is 10.5. The fraction of sp³-hybridized carbons (Fsp3) is 0.0909. The molecule has 2 aromatic rings. The molecule has 0 radical (unpaired) electrons. The molecule has 0 unspecified atom stereocenters. The van der Waals surface area contributed by atoms with Gasteiger partial charge in [0.05, 0.1) is 25.3 Å². The van der Waals surface area contributed by atoms with Crippen molar-refractivity contribution in [1.82, 2.24) is 9.97 Å². The number of H-pyrrole nitrogens is 1. The number of nitrogens with zero attached hydrogens (tertiary/aromatic N) is 1. The molecule has 0 aliphatic rings. The molecule has 0 aliphatic heterocycles. The molecule has 0 aliphatic carbocycles. The van der Waals surface area contributed by atoms with E-state index in [-0.39, 0.29) is 0 Å². The van der Waals surface area contributed by atoms with Gasteiger partial charge in [0.25, 0.3) is 0 Å². The Kier molecular flexibility index (Phi) is 2.78. The van der Waals surface area contributed by atoms with Crippen LogP contribution in [-0.4, -0.2) is 23.4 Å². The Balaban J connectivity index is 2.17. The van der Waals surface area contributed by atoms with Gasteiger partial charge in [-0.25, -0.2) is 10.3 Å². The van der Waals surface area contributed by atoms with Crippen LogP contribution in [-0.2, 0) is 0 Å². The summed E-state index contributed by atoms with van der Waals surface area (Å²) in [7, 11) is 1.85. The Morgan fingerprint density at radius 1 is 1.33 bits per heavy atom. The van der Waals surface area contributed by atoms with Crippen molar-refractivity contribution in [3.8, 4) is 11.3 Å². The van der Waals surface area contributed by atoms with Gasteiger partial charge in [0.2, 0.25) is 6.34 Å². The summed E-state index contributed by atoms with van der Waals surface area (Å²) in [6.07, 6.45) is 5.27. The van der Waals surface area contributed by atoms with Crippen molar-refractivity contribution in [2.75, 3.05) is 12.4 Å². The molecule has 0 bridgehead atoms. The van der Waals surface area contributed by atoms with E-state index in [4.69, 9.17) is 0 Å². The van der Waals surface area contributed by atoms with Gasteiger partial charge in [0, 0.05) is 0 Å². The van der Waals surface area contributed by atoms with Crippen molar-refractivity contribution in [1.29, 1.82) is 0 Å². The standard InChI is InChI=1S/C11H12N4/c1-12-7-14-10-4-2-9(3-5-10)11-6-13-8-15-11/h2-8H,1H3,(H,12,14)(H,13,15)/p+1. The third-order valence-corrected chi connectivity index (χ3v) is 2.08. The molecule has 0 saturated carbocycles. The lowest BCUT2D eigenvalue weighted by atomic mass is 10.1. The van der Waals surface area contributed by atoms with Crippen molar-refractivity contribution in [2.24, 2.45) is 0 Å². The van der Waals surface area contributed by atoms with Gasteiger partial charge in [0.1, 0.15) is 5.69 Å². The molecule has 4 nitrogen and oxygen atoms in total. The molecular weight excluding hydrogens is 188 g/mol. The third-order valence-electron chi connectivity index (χ3n) is 2.08. The van der Waals surface area contributed by atoms with Crippen LogP contribution in [0.4, 0.5) is 5.69 Å². The van der Waals surface area contributed by atoms with Crippen molar-refractivity contribution < 1.29 is 4.99 Å². The molecule has 0 amide bonds. The number of hydrogen-bond acceptors (Lipinski definition) is 1. The number of nitrogens with one attached hydrogen (secondary N) is 3. The van der Waals surface area contributed by atoms with Crippen molar-refractivity contribution in [3.63, 3.8) is 0 Å². The summed E-state index contributed by atoms with van der Waals surface area (Å²) in [6, 6.07) is 8.12. The zero-order valence-corrected chi connectivity index (χ0v) is 8.49. The lowest BCUT2D eigenvalue weighted by Gasteiger charge is -1.97. The Bertz CT molecular complexity index is 428. The van der Waals surface area contributed by atoms with E-state index in [0.717, 1.165) is 16.9 Å². The molecule has 76 valence electrons. The Morgan fingerprint density at radius 3 is 2.73 bits per heavy atom. The topological polar surface area (TPSA) is 54.7 Å². The molecule has 4 heteroatoms. The van der Waals surface area contributed by atoms with Gasteiger partial charge in [-0.1, -0.05) is 0 Å². The van der Waals surface area contributed by atoms with Gasteiger partial charge in [-0.2, -0.15) is 0 Å². The summed E-state index contributed by atoms with van der Waals surface area (Å²) in [6.45, 7) is 0. The average molecular weight is 201 g/mol. The van der Waals surface area contributed by atoms with Gasteiger partial charge >= 0.3 is 0 Å². The number of aromatic amines is 1. The smallest absolute Gasteiger partial charge is 0.234 e. The third kappa shape index (κ3) is 2.22. The van der Waals surface area contributed by atoms with Crippen LogP contribution >= 0.6 is 0 Å². The van der Waals surface area contributed by atoms with E-state index in [1.165, 1.54) is 0 Å². The second kappa shape index (κ2) is 4.41. The van der Waals surface area contributed by atoms with Gasteiger partial charge in [-0.15, -0.1) is 0 Å². The quantitative estimate of drug-likeness (QED) is 0.492. The number of rotatable bonds is 3. The Labute approximate surface area is 88.1 Å². The number of imidazole rings is 1. The van der Waals surface area contributed by atoms with Crippen LogP contribution in [0.3, 0.4) is 0 Å². The van der Waals surface area contributed by atoms with E-state index in [2.05, 4.69) is 20.3 Å². The Morgan fingerprint density at radius 2 is 2.13 bits per heavy atom. The van der Waals surface area contributed by atoms with Gasteiger partial charge in [-0.05, 0) is 29.8 Å². The molecule has 3 N–H and O–H groups in total. The van der Waals surface area contributed by atoms with E-state index in [0.29, 0.717) is 0 Å². The highest BCUT2D eigenvalue weighted by Gasteiger charge is 1.99. The molecular formula is C11H13N4+. The van der Waals surface area contributed by atoms with E-state index in [9.17, 15) is 0 Å². The molecule has 1 aromatic carbocycles. The minimum Gasteiger partial charge on any atom is -0.345 e. The molecule has 0 atom stereocenters. The fourth-order valence-electron chi connectivity index (χ4n) is 1.32.